The molecule has 1 atom stereocenters. The Balaban J connectivity index is 1.68. The summed E-state index contributed by atoms with van der Waals surface area (Å²) >= 11 is 0. The van der Waals surface area contributed by atoms with Crippen LogP contribution < -0.4 is 19.5 Å². The lowest BCUT2D eigenvalue weighted by atomic mass is 10.2. The SMILES string of the molecule is CCC(Oc1ccc2c(c1)OCO2)C(=O)Nc1ccc(C)c(F)c1. The van der Waals surface area contributed by atoms with Gasteiger partial charge in [-0.1, -0.05) is 13.0 Å². The molecule has 0 radical (unpaired) electrons. The van der Waals surface area contributed by atoms with Gasteiger partial charge in [0.2, 0.25) is 6.79 Å². The first-order chi connectivity index (χ1) is 11.6. The highest BCUT2D eigenvalue weighted by atomic mass is 19.1. The van der Waals surface area contributed by atoms with Crippen LogP contribution in [-0.4, -0.2) is 18.8 Å². The van der Waals surface area contributed by atoms with E-state index < -0.39 is 6.10 Å². The van der Waals surface area contributed by atoms with Crippen LogP contribution in [0, 0.1) is 12.7 Å². The zero-order valence-corrected chi connectivity index (χ0v) is 13.5. The molecule has 1 aliphatic rings. The van der Waals surface area contributed by atoms with E-state index in [2.05, 4.69) is 5.32 Å². The second-order valence-electron chi connectivity index (χ2n) is 5.48. The van der Waals surface area contributed by atoms with Gasteiger partial charge in [0.25, 0.3) is 5.91 Å². The molecule has 1 amide bonds. The summed E-state index contributed by atoms with van der Waals surface area (Å²) in [5, 5.41) is 2.67. The van der Waals surface area contributed by atoms with Gasteiger partial charge in [-0.15, -0.1) is 0 Å². The number of rotatable bonds is 5. The molecule has 0 saturated heterocycles. The van der Waals surface area contributed by atoms with E-state index in [9.17, 15) is 9.18 Å². The molecular weight excluding hydrogens is 313 g/mol. The molecular formula is C18H18FNO4. The van der Waals surface area contributed by atoms with Crippen molar-refractivity contribution in [3.05, 3.63) is 47.8 Å². The Kier molecular flexibility index (Phi) is 4.55. The topological polar surface area (TPSA) is 56.8 Å². The first kappa shape index (κ1) is 16.1. The Hall–Kier alpha value is -2.76. The summed E-state index contributed by atoms with van der Waals surface area (Å²) in [6.45, 7) is 3.68. The molecule has 126 valence electrons. The number of nitrogens with one attached hydrogen (secondary N) is 1. The maximum Gasteiger partial charge on any atom is 0.265 e. The smallest absolute Gasteiger partial charge is 0.265 e. The zero-order valence-electron chi connectivity index (χ0n) is 13.5. The summed E-state index contributed by atoms with van der Waals surface area (Å²) in [6, 6.07) is 9.70. The molecule has 5 nitrogen and oxygen atoms in total. The molecule has 0 aromatic heterocycles. The predicted octanol–water partition coefficient (Wildman–Crippen LogP) is 3.66. The largest absolute Gasteiger partial charge is 0.480 e. The molecule has 0 spiro atoms. The molecule has 2 aromatic carbocycles. The lowest BCUT2D eigenvalue weighted by Crippen LogP contribution is -2.32. The van der Waals surface area contributed by atoms with Crippen LogP contribution in [0.3, 0.4) is 0 Å². The number of carbonyl (C=O) groups excluding carboxylic acids is 1. The summed E-state index contributed by atoms with van der Waals surface area (Å²) in [5.74, 6) is 1.05. The van der Waals surface area contributed by atoms with Gasteiger partial charge >= 0.3 is 0 Å². The van der Waals surface area contributed by atoms with Gasteiger partial charge in [0.1, 0.15) is 11.6 Å². The van der Waals surface area contributed by atoms with Crippen LogP contribution in [0.5, 0.6) is 17.2 Å². The monoisotopic (exact) mass is 331 g/mol. The van der Waals surface area contributed by atoms with Gasteiger partial charge < -0.3 is 19.5 Å². The number of amides is 1. The number of fused-ring (bicyclic) bond motifs is 1. The van der Waals surface area contributed by atoms with E-state index in [0.717, 1.165) is 0 Å². The quantitative estimate of drug-likeness (QED) is 0.908. The van der Waals surface area contributed by atoms with E-state index in [1.165, 1.54) is 6.07 Å². The van der Waals surface area contributed by atoms with E-state index in [0.29, 0.717) is 34.9 Å². The molecule has 6 heteroatoms. The summed E-state index contributed by atoms with van der Waals surface area (Å²) < 4.78 is 29.8. The van der Waals surface area contributed by atoms with Crippen molar-refractivity contribution in [3.63, 3.8) is 0 Å². The van der Waals surface area contributed by atoms with E-state index in [1.807, 2.05) is 6.92 Å². The molecule has 0 aliphatic carbocycles. The molecule has 2 aromatic rings. The van der Waals surface area contributed by atoms with Gasteiger partial charge in [0, 0.05) is 11.8 Å². The average molecular weight is 331 g/mol. The first-order valence-electron chi connectivity index (χ1n) is 7.70. The number of carbonyl (C=O) groups is 1. The number of anilines is 1. The Labute approximate surface area is 139 Å². The number of hydrogen-bond acceptors (Lipinski definition) is 4. The van der Waals surface area contributed by atoms with E-state index >= 15 is 0 Å². The first-order valence-corrected chi connectivity index (χ1v) is 7.70. The third-order valence-electron chi connectivity index (χ3n) is 3.72. The van der Waals surface area contributed by atoms with Crippen LogP contribution in [0.2, 0.25) is 0 Å². The molecule has 1 unspecified atom stereocenters. The van der Waals surface area contributed by atoms with Crippen molar-refractivity contribution in [2.45, 2.75) is 26.4 Å². The van der Waals surface area contributed by atoms with Crippen molar-refractivity contribution >= 4 is 11.6 Å². The minimum Gasteiger partial charge on any atom is -0.480 e. The van der Waals surface area contributed by atoms with E-state index in [1.54, 1.807) is 37.3 Å². The highest BCUT2D eigenvalue weighted by Crippen LogP contribution is 2.35. The fourth-order valence-corrected chi connectivity index (χ4v) is 2.33. The van der Waals surface area contributed by atoms with Crippen molar-refractivity contribution in [3.8, 4) is 17.2 Å². The number of benzene rings is 2. The van der Waals surface area contributed by atoms with Gasteiger partial charge in [0.05, 0.1) is 0 Å². The molecule has 0 saturated carbocycles. The number of ether oxygens (including phenoxy) is 3. The van der Waals surface area contributed by atoms with Crippen LogP contribution in [0.15, 0.2) is 36.4 Å². The van der Waals surface area contributed by atoms with E-state index in [4.69, 9.17) is 14.2 Å². The molecule has 1 N–H and O–H groups in total. The Bertz CT molecular complexity index is 763. The summed E-state index contributed by atoms with van der Waals surface area (Å²) in [4.78, 5) is 12.4. The van der Waals surface area contributed by atoms with Crippen molar-refractivity contribution in [2.24, 2.45) is 0 Å². The van der Waals surface area contributed by atoms with Crippen LogP contribution in [0.25, 0.3) is 0 Å². The van der Waals surface area contributed by atoms with Gasteiger partial charge in [-0.05, 0) is 43.2 Å². The van der Waals surface area contributed by atoms with Gasteiger partial charge in [-0.2, -0.15) is 0 Å². The lowest BCUT2D eigenvalue weighted by molar-refractivity contribution is -0.122. The fourth-order valence-electron chi connectivity index (χ4n) is 2.33. The highest BCUT2D eigenvalue weighted by Gasteiger charge is 2.21. The fraction of sp³-hybridized carbons (Fsp3) is 0.278. The normalized spacial score (nSPS) is 13.5. The molecule has 0 fully saturated rings. The third-order valence-corrected chi connectivity index (χ3v) is 3.72. The Morgan fingerprint density at radius 3 is 2.79 bits per heavy atom. The van der Waals surface area contributed by atoms with Crippen LogP contribution >= 0.6 is 0 Å². The maximum atomic E-state index is 13.6. The van der Waals surface area contributed by atoms with Crippen LogP contribution in [-0.2, 0) is 4.79 Å². The van der Waals surface area contributed by atoms with Crippen molar-refractivity contribution in [2.75, 3.05) is 12.1 Å². The molecule has 1 aliphatic heterocycles. The second-order valence-corrected chi connectivity index (χ2v) is 5.48. The van der Waals surface area contributed by atoms with Gasteiger partial charge in [-0.3, -0.25) is 4.79 Å². The van der Waals surface area contributed by atoms with Crippen molar-refractivity contribution < 1.29 is 23.4 Å². The predicted molar refractivity (Wildman–Crippen MR) is 87.0 cm³/mol. The average Bonchev–Trinajstić information content (AvgIpc) is 3.03. The zero-order chi connectivity index (χ0) is 17.1. The van der Waals surface area contributed by atoms with Crippen LogP contribution in [0.4, 0.5) is 10.1 Å². The second kappa shape index (κ2) is 6.78. The van der Waals surface area contributed by atoms with Gasteiger partial charge in [0.15, 0.2) is 17.6 Å². The van der Waals surface area contributed by atoms with Crippen molar-refractivity contribution in [1.29, 1.82) is 0 Å². The van der Waals surface area contributed by atoms with Crippen molar-refractivity contribution in [1.82, 2.24) is 0 Å². The number of halogens is 1. The number of aryl methyl sites for hydroxylation is 1. The Morgan fingerprint density at radius 2 is 2.04 bits per heavy atom. The third kappa shape index (κ3) is 3.42. The number of hydrogen-bond donors (Lipinski definition) is 1. The summed E-state index contributed by atoms with van der Waals surface area (Å²) in [7, 11) is 0. The maximum absolute atomic E-state index is 13.6. The molecule has 0 bridgehead atoms. The summed E-state index contributed by atoms with van der Waals surface area (Å²) in [5.41, 5.74) is 0.924. The molecule has 24 heavy (non-hydrogen) atoms. The standard InChI is InChI=1S/C18H18FNO4/c1-3-15(18(21)20-12-5-4-11(2)14(19)8-12)24-13-6-7-16-17(9-13)23-10-22-16/h4-9,15H,3,10H2,1-2H3,(H,20,21). The lowest BCUT2D eigenvalue weighted by Gasteiger charge is -2.17. The molecule has 3 rings (SSSR count). The summed E-state index contributed by atoms with van der Waals surface area (Å²) in [6.07, 6.45) is -0.232. The van der Waals surface area contributed by atoms with Gasteiger partial charge in [-0.25, -0.2) is 4.39 Å². The van der Waals surface area contributed by atoms with Crippen LogP contribution in [0.1, 0.15) is 18.9 Å². The highest BCUT2D eigenvalue weighted by molar-refractivity contribution is 5.94. The minimum atomic E-state index is -0.699. The van der Waals surface area contributed by atoms with E-state index in [-0.39, 0.29) is 18.5 Å². The molecule has 1 heterocycles. The minimum absolute atomic E-state index is 0.176. The Morgan fingerprint density at radius 1 is 1.25 bits per heavy atom.